The second kappa shape index (κ2) is 4.78. The zero-order valence-corrected chi connectivity index (χ0v) is 9.83. The lowest BCUT2D eigenvalue weighted by molar-refractivity contribution is 1.07. The highest BCUT2D eigenvalue weighted by Gasteiger charge is 2.08. The topological polar surface area (TPSA) is 51.8 Å². The van der Waals surface area contributed by atoms with Crippen molar-refractivity contribution in [2.75, 3.05) is 0 Å². The summed E-state index contributed by atoms with van der Waals surface area (Å²) in [5.41, 5.74) is 8.14. The van der Waals surface area contributed by atoms with E-state index in [9.17, 15) is 0 Å². The smallest absolute Gasteiger partial charge is 0.133 e. The molecule has 0 aliphatic carbocycles. The van der Waals surface area contributed by atoms with Crippen LogP contribution in [0.3, 0.4) is 0 Å². The van der Waals surface area contributed by atoms with Gasteiger partial charge >= 0.3 is 0 Å². The Labute approximate surface area is 103 Å². The van der Waals surface area contributed by atoms with Gasteiger partial charge in [0.05, 0.1) is 5.69 Å². The number of halogens is 2. The average Bonchev–Trinajstić information content (AvgIpc) is 2.28. The van der Waals surface area contributed by atoms with Crippen LogP contribution in [0.25, 0.3) is 11.3 Å². The van der Waals surface area contributed by atoms with Crippen molar-refractivity contribution in [1.82, 2.24) is 9.97 Å². The fourth-order valence-electron chi connectivity index (χ4n) is 1.49. The number of benzene rings is 1. The minimum Gasteiger partial charge on any atom is -0.326 e. The first-order chi connectivity index (χ1) is 7.72. The summed E-state index contributed by atoms with van der Waals surface area (Å²) in [5.74, 6) is 0. The highest BCUT2D eigenvalue weighted by Crippen LogP contribution is 2.28. The van der Waals surface area contributed by atoms with Crippen molar-refractivity contribution in [3.05, 3.63) is 46.3 Å². The summed E-state index contributed by atoms with van der Waals surface area (Å²) in [6, 6.07) is 7.25. The molecule has 3 nitrogen and oxygen atoms in total. The first-order valence-corrected chi connectivity index (χ1v) is 5.43. The van der Waals surface area contributed by atoms with Gasteiger partial charge in [0.2, 0.25) is 0 Å². The highest BCUT2D eigenvalue weighted by atomic mass is 35.5. The lowest BCUT2D eigenvalue weighted by atomic mass is 10.0. The maximum atomic E-state index is 6.06. The van der Waals surface area contributed by atoms with Crippen molar-refractivity contribution >= 4 is 23.2 Å². The molecule has 0 aliphatic rings. The largest absolute Gasteiger partial charge is 0.326 e. The maximum absolute atomic E-state index is 6.06. The van der Waals surface area contributed by atoms with E-state index in [0.29, 0.717) is 16.7 Å². The third-order valence-electron chi connectivity index (χ3n) is 2.23. The lowest BCUT2D eigenvalue weighted by Crippen LogP contribution is -2.00. The predicted octanol–water partition coefficient (Wildman–Crippen LogP) is 2.91. The molecule has 0 saturated heterocycles. The van der Waals surface area contributed by atoms with Crippen LogP contribution in [0.4, 0.5) is 0 Å². The molecule has 1 heterocycles. The Balaban J connectivity index is 2.60. The summed E-state index contributed by atoms with van der Waals surface area (Å²) < 4.78 is 0. The van der Waals surface area contributed by atoms with E-state index in [-0.39, 0.29) is 0 Å². The molecule has 0 amide bonds. The standard InChI is InChI=1S/C11H9Cl2N3/c12-9-3-1-2-7(8(9)5-14)10-4-11(13)16-6-15-10/h1-4,6H,5,14H2. The summed E-state index contributed by atoms with van der Waals surface area (Å²) >= 11 is 11.9. The van der Waals surface area contributed by atoms with Crippen LogP contribution >= 0.6 is 23.2 Å². The minimum absolute atomic E-state index is 0.358. The van der Waals surface area contributed by atoms with Gasteiger partial charge in [0.25, 0.3) is 0 Å². The van der Waals surface area contributed by atoms with Gasteiger partial charge in [-0.25, -0.2) is 9.97 Å². The Morgan fingerprint density at radius 3 is 2.69 bits per heavy atom. The molecule has 0 fully saturated rings. The summed E-state index contributed by atoms with van der Waals surface area (Å²) in [6.07, 6.45) is 1.42. The van der Waals surface area contributed by atoms with Crippen molar-refractivity contribution in [3.8, 4) is 11.3 Å². The third-order valence-corrected chi connectivity index (χ3v) is 2.79. The molecule has 0 aliphatic heterocycles. The van der Waals surface area contributed by atoms with Crippen molar-refractivity contribution in [1.29, 1.82) is 0 Å². The van der Waals surface area contributed by atoms with Crippen molar-refractivity contribution < 1.29 is 0 Å². The zero-order chi connectivity index (χ0) is 11.5. The van der Waals surface area contributed by atoms with E-state index in [0.717, 1.165) is 16.8 Å². The summed E-state index contributed by atoms with van der Waals surface area (Å²) in [6.45, 7) is 0.358. The molecule has 0 radical (unpaired) electrons. The van der Waals surface area contributed by atoms with Gasteiger partial charge in [-0.05, 0) is 11.6 Å². The fourth-order valence-corrected chi connectivity index (χ4v) is 1.89. The van der Waals surface area contributed by atoms with E-state index in [1.54, 1.807) is 12.1 Å². The highest BCUT2D eigenvalue weighted by molar-refractivity contribution is 6.32. The molecular weight excluding hydrogens is 245 g/mol. The lowest BCUT2D eigenvalue weighted by Gasteiger charge is -2.08. The van der Waals surface area contributed by atoms with Crippen LogP contribution in [-0.2, 0) is 6.54 Å². The molecule has 5 heteroatoms. The Hall–Kier alpha value is -1.16. The Kier molecular flexibility index (Phi) is 3.39. The quantitative estimate of drug-likeness (QED) is 0.838. The fraction of sp³-hybridized carbons (Fsp3) is 0.0909. The van der Waals surface area contributed by atoms with Gasteiger partial charge in [-0.15, -0.1) is 0 Å². The van der Waals surface area contributed by atoms with Crippen molar-refractivity contribution in [3.63, 3.8) is 0 Å². The first kappa shape index (κ1) is 11.3. The normalized spacial score (nSPS) is 10.4. The van der Waals surface area contributed by atoms with Crippen LogP contribution in [-0.4, -0.2) is 9.97 Å². The average molecular weight is 254 g/mol. The second-order valence-electron chi connectivity index (χ2n) is 3.20. The van der Waals surface area contributed by atoms with Gasteiger partial charge < -0.3 is 5.73 Å². The summed E-state index contributed by atoms with van der Waals surface area (Å²) in [4.78, 5) is 7.98. The molecule has 0 unspecified atom stereocenters. The van der Waals surface area contributed by atoms with Gasteiger partial charge in [-0.3, -0.25) is 0 Å². The number of aromatic nitrogens is 2. The molecule has 2 aromatic rings. The van der Waals surface area contributed by atoms with E-state index in [1.807, 2.05) is 12.1 Å². The van der Waals surface area contributed by atoms with Crippen LogP contribution in [0, 0.1) is 0 Å². The summed E-state index contributed by atoms with van der Waals surface area (Å²) in [7, 11) is 0. The van der Waals surface area contributed by atoms with Crippen molar-refractivity contribution in [2.45, 2.75) is 6.54 Å². The van der Waals surface area contributed by atoms with E-state index in [4.69, 9.17) is 28.9 Å². The Morgan fingerprint density at radius 2 is 2.00 bits per heavy atom. The summed E-state index contributed by atoms with van der Waals surface area (Å²) in [5, 5.41) is 1.03. The van der Waals surface area contributed by atoms with Gasteiger partial charge in [-0.2, -0.15) is 0 Å². The molecule has 0 bridgehead atoms. The van der Waals surface area contributed by atoms with E-state index in [1.165, 1.54) is 6.33 Å². The molecule has 1 aromatic heterocycles. The number of rotatable bonds is 2. The Bertz CT molecular complexity index is 514. The SMILES string of the molecule is NCc1c(Cl)cccc1-c1cc(Cl)ncn1. The predicted molar refractivity (Wildman–Crippen MR) is 65.4 cm³/mol. The first-order valence-electron chi connectivity index (χ1n) is 4.67. The maximum Gasteiger partial charge on any atom is 0.133 e. The monoisotopic (exact) mass is 253 g/mol. The molecular formula is C11H9Cl2N3. The van der Waals surface area contributed by atoms with Gasteiger partial charge in [-0.1, -0.05) is 35.3 Å². The second-order valence-corrected chi connectivity index (χ2v) is 3.99. The van der Waals surface area contributed by atoms with Crippen LogP contribution in [0.1, 0.15) is 5.56 Å². The van der Waals surface area contributed by atoms with E-state index < -0.39 is 0 Å². The molecule has 0 saturated carbocycles. The number of nitrogens with zero attached hydrogens (tertiary/aromatic N) is 2. The molecule has 16 heavy (non-hydrogen) atoms. The van der Waals surface area contributed by atoms with Crippen molar-refractivity contribution in [2.24, 2.45) is 5.73 Å². The molecule has 2 rings (SSSR count). The van der Waals surface area contributed by atoms with E-state index >= 15 is 0 Å². The molecule has 1 aromatic carbocycles. The van der Waals surface area contributed by atoms with Crippen LogP contribution in [0.5, 0.6) is 0 Å². The van der Waals surface area contributed by atoms with Crippen LogP contribution < -0.4 is 5.73 Å². The van der Waals surface area contributed by atoms with E-state index in [2.05, 4.69) is 9.97 Å². The van der Waals surface area contributed by atoms with Gasteiger partial charge in [0.15, 0.2) is 0 Å². The minimum atomic E-state index is 0.358. The zero-order valence-electron chi connectivity index (χ0n) is 8.32. The number of hydrogen-bond donors (Lipinski definition) is 1. The molecule has 82 valence electrons. The van der Waals surface area contributed by atoms with Gasteiger partial charge in [0.1, 0.15) is 11.5 Å². The third kappa shape index (κ3) is 2.16. The number of hydrogen-bond acceptors (Lipinski definition) is 3. The van der Waals surface area contributed by atoms with Gasteiger partial charge in [0, 0.05) is 23.2 Å². The molecule has 0 spiro atoms. The Morgan fingerprint density at radius 1 is 1.19 bits per heavy atom. The van der Waals surface area contributed by atoms with Crippen LogP contribution in [0.2, 0.25) is 10.2 Å². The van der Waals surface area contributed by atoms with Crippen LogP contribution in [0.15, 0.2) is 30.6 Å². The number of nitrogens with two attached hydrogens (primary N) is 1. The molecule has 0 atom stereocenters. The molecule has 2 N–H and O–H groups in total.